The van der Waals surface area contributed by atoms with Crippen molar-refractivity contribution in [2.45, 2.75) is 19.6 Å². The molecule has 0 radical (unpaired) electrons. The third kappa shape index (κ3) is 4.22. The van der Waals surface area contributed by atoms with E-state index < -0.39 is 17.8 Å². The first-order chi connectivity index (χ1) is 16.2. The van der Waals surface area contributed by atoms with Crippen LogP contribution >= 0.6 is 11.6 Å². The van der Waals surface area contributed by atoms with Gasteiger partial charge in [-0.2, -0.15) is 18.3 Å². The molecule has 0 bridgehead atoms. The van der Waals surface area contributed by atoms with Gasteiger partial charge in [-0.05, 0) is 37.3 Å². The number of benzene rings is 2. The van der Waals surface area contributed by atoms with E-state index in [0.29, 0.717) is 20.8 Å². The quantitative estimate of drug-likeness (QED) is 0.340. The number of carbonyl (C=O) groups excluding carboxylic acids is 1. The molecule has 0 aliphatic heterocycles. The second-order valence-electron chi connectivity index (χ2n) is 7.90. The zero-order valence-corrected chi connectivity index (χ0v) is 18.5. The number of halogens is 4. The maximum absolute atomic E-state index is 13.8. The van der Waals surface area contributed by atoms with Crippen molar-refractivity contribution in [2.75, 3.05) is 0 Å². The molecule has 6 nitrogen and oxygen atoms in total. The molecule has 0 atom stereocenters. The van der Waals surface area contributed by atoms with Gasteiger partial charge in [0.05, 0.1) is 12.2 Å². The van der Waals surface area contributed by atoms with Crippen molar-refractivity contribution in [3.05, 3.63) is 88.3 Å². The number of aromatic nitrogens is 4. The van der Waals surface area contributed by atoms with Crippen LogP contribution in [0.1, 0.15) is 27.4 Å². The third-order valence-electron chi connectivity index (χ3n) is 5.38. The zero-order valence-electron chi connectivity index (χ0n) is 17.7. The second-order valence-corrected chi connectivity index (χ2v) is 8.34. The minimum Gasteiger partial charge on any atom is -0.357 e. The summed E-state index contributed by atoms with van der Waals surface area (Å²) < 4.78 is 42.0. The predicted molar refractivity (Wildman–Crippen MR) is 123 cm³/mol. The van der Waals surface area contributed by atoms with Crippen LogP contribution in [0, 0.1) is 6.92 Å². The number of hydrogen-bond donors (Lipinski definition) is 2. The monoisotopic (exact) mass is 483 g/mol. The maximum atomic E-state index is 13.8. The normalized spacial score (nSPS) is 11.9. The Morgan fingerprint density at radius 1 is 1.09 bits per heavy atom. The zero-order chi connectivity index (χ0) is 24.0. The Bertz CT molecular complexity index is 1540. The van der Waals surface area contributed by atoms with Crippen molar-refractivity contribution in [1.82, 2.24) is 24.9 Å². The number of H-pyrrole nitrogens is 1. The first-order valence-electron chi connectivity index (χ1n) is 10.3. The molecule has 1 amide bonds. The summed E-state index contributed by atoms with van der Waals surface area (Å²) >= 11 is 6.00. The number of nitrogens with zero attached hydrogens (tertiary/aromatic N) is 3. The topological polar surface area (TPSA) is 75.1 Å². The molecule has 2 aromatic carbocycles. The van der Waals surface area contributed by atoms with Crippen LogP contribution in [0.5, 0.6) is 0 Å². The molecular weight excluding hydrogens is 467 g/mol. The van der Waals surface area contributed by atoms with Crippen molar-refractivity contribution in [2.24, 2.45) is 0 Å². The Labute approximate surface area is 196 Å². The van der Waals surface area contributed by atoms with Gasteiger partial charge in [0, 0.05) is 33.2 Å². The molecular formula is C24H17ClF3N5O. The van der Waals surface area contributed by atoms with Crippen molar-refractivity contribution in [3.8, 4) is 11.3 Å². The Balaban J connectivity index is 1.45. The molecule has 0 fully saturated rings. The van der Waals surface area contributed by atoms with Crippen molar-refractivity contribution in [1.29, 1.82) is 0 Å². The highest BCUT2D eigenvalue weighted by Crippen LogP contribution is 2.32. The van der Waals surface area contributed by atoms with Gasteiger partial charge in [0.1, 0.15) is 0 Å². The summed E-state index contributed by atoms with van der Waals surface area (Å²) in [5, 5.41) is 8.03. The fourth-order valence-corrected chi connectivity index (χ4v) is 3.87. The van der Waals surface area contributed by atoms with E-state index in [1.54, 1.807) is 36.4 Å². The predicted octanol–water partition coefficient (Wildman–Crippen LogP) is 5.79. The molecule has 0 aliphatic carbocycles. The summed E-state index contributed by atoms with van der Waals surface area (Å²) in [6.45, 7) is 2.02. The van der Waals surface area contributed by atoms with E-state index >= 15 is 0 Å². The van der Waals surface area contributed by atoms with Gasteiger partial charge in [0.25, 0.3) is 5.91 Å². The molecule has 0 spiro atoms. The van der Waals surface area contributed by atoms with Gasteiger partial charge < -0.3 is 10.3 Å². The van der Waals surface area contributed by atoms with Gasteiger partial charge in [-0.15, -0.1) is 0 Å². The van der Waals surface area contributed by atoms with Crippen LogP contribution < -0.4 is 5.32 Å². The summed E-state index contributed by atoms with van der Waals surface area (Å²) in [4.78, 5) is 20.1. The lowest BCUT2D eigenvalue weighted by atomic mass is 10.1. The minimum atomic E-state index is -4.69. The number of hydrogen-bond acceptors (Lipinski definition) is 3. The van der Waals surface area contributed by atoms with Gasteiger partial charge in [0.2, 0.25) is 0 Å². The van der Waals surface area contributed by atoms with Gasteiger partial charge in [-0.25, -0.2) is 9.50 Å². The molecule has 0 saturated carbocycles. The number of amides is 1. The van der Waals surface area contributed by atoms with Gasteiger partial charge in [-0.3, -0.25) is 4.79 Å². The van der Waals surface area contributed by atoms with E-state index in [-0.39, 0.29) is 23.6 Å². The second kappa shape index (κ2) is 8.18. The van der Waals surface area contributed by atoms with E-state index in [9.17, 15) is 18.0 Å². The number of aryl methyl sites for hydroxylation is 1. The Morgan fingerprint density at radius 3 is 2.59 bits per heavy atom. The van der Waals surface area contributed by atoms with Crippen LogP contribution in [-0.4, -0.2) is 25.5 Å². The third-order valence-corrected chi connectivity index (χ3v) is 5.61. The Morgan fingerprint density at radius 2 is 1.85 bits per heavy atom. The minimum absolute atomic E-state index is 0.0733. The molecule has 0 aliphatic rings. The number of alkyl halides is 3. The lowest BCUT2D eigenvalue weighted by Crippen LogP contribution is -2.23. The van der Waals surface area contributed by atoms with E-state index in [1.165, 1.54) is 6.07 Å². The largest absolute Gasteiger partial charge is 0.433 e. The molecule has 34 heavy (non-hydrogen) atoms. The molecule has 0 saturated heterocycles. The lowest BCUT2D eigenvalue weighted by molar-refractivity contribution is -0.142. The maximum Gasteiger partial charge on any atom is 0.433 e. The highest BCUT2D eigenvalue weighted by atomic mass is 35.5. The average molecular weight is 484 g/mol. The highest BCUT2D eigenvalue weighted by Gasteiger charge is 2.35. The molecule has 5 rings (SSSR count). The smallest absolute Gasteiger partial charge is 0.357 e. The number of nitrogens with one attached hydrogen (secondary N) is 2. The fraction of sp³-hybridized carbons (Fsp3) is 0.125. The molecule has 0 unspecified atom stereocenters. The first-order valence-corrected chi connectivity index (χ1v) is 10.7. The van der Waals surface area contributed by atoms with Crippen molar-refractivity contribution < 1.29 is 18.0 Å². The van der Waals surface area contributed by atoms with Gasteiger partial charge >= 0.3 is 6.18 Å². The number of fused-ring (bicyclic) bond motifs is 2. The van der Waals surface area contributed by atoms with Gasteiger partial charge in [-0.1, -0.05) is 41.4 Å². The highest BCUT2D eigenvalue weighted by molar-refractivity contribution is 6.31. The van der Waals surface area contributed by atoms with Crippen LogP contribution in [0.2, 0.25) is 5.02 Å². The van der Waals surface area contributed by atoms with E-state index in [4.69, 9.17) is 11.6 Å². The SMILES string of the molecule is Cc1ccc(-c2cc(C(F)(F)F)n3nc(C(=O)NCc4cc5cc(Cl)ccc5[nH]4)cc3n2)cc1. The van der Waals surface area contributed by atoms with Crippen LogP contribution in [-0.2, 0) is 12.7 Å². The average Bonchev–Trinajstić information content (AvgIpc) is 3.40. The summed E-state index contributed by atoms with van der Waals surface area (Å²) in [7, 11) is 0. The van der Waals surface area contributed by atoms with E-state index in [0.717, 1.165) is 22.5 Å². The van der Waals surface area contributed by atoms with Crippen LogP contribution in [0.25, 0.3) is 27.8 Å². The number of aromatic amines is 1. The standard InChI is InChI=1S/C24H17ClF3N5O/c1-13-2-4-14(5-3-13)19-10-21(24(26,27)28)33-22(31-19)11-20(32-33)23(34)29-12-17-9-15-8-16(25)6-7-18(15)30-17/h2-11,30H,12H2,1H3,(H,29,34). The summed E-state index contributed by atoms with van der Waals surface area (Å²) in [6, 6.07) is 16.4. The molecule has 3 aromatic heterocycles. The first kappa shape index (κ1) is 22.0. The van der Waals surface area contributed by atoms with Crippen molar-refractivity contribution in [3.63, 3.8) is 0 Å². The van der Waals surface area contributed by atoms with Crippen LogP contribution in [0.3, 0.4) is 0 Å². The summed E-state index contributed by atoms with van der Waals surface area (Å²) in [5.74, 6) is -0.618. The molecule has 2 N–H and O–H groups in total. The lowest BCUT2D eigenvalue weighted by Gasteiger charge is -2.11. The number of carbonyl (C=O) groups is 1. The molecule has 172 valence electrons. The number of rotatable bonds is 4. The molecule has 3 heterocycles. The molecule has 5 aromatic rings. The van der Waals surface area contributed by atoms with Crippen LogP contribution in [0.15, 0.2) is 60.7 Å². The summed E-state index contributed by atoms with van der Waals surface area (Å²) in [5.41, 5.74) is 1.96. The molecule has 10 heteroatoms. The Hall–Kier alpha value is -3.85. The van der Waals surface area contributed by atoms with E-state index in [1.807, 2.05) is 19.1 Å². The fourth-order valence-electron chi connectivity index (χ4n) is 3.68. The van der Waals surface area contributed by atoms with Gasteiger partial charge in [0.15, 0.2) is 17.0 Å². The Kier molecular flexibility index (Phi) is 5.28. The summed E-state index contributed by atoms with van der Waals surface area (Å²) in [6.07, 6.45) is -4.69. The van der Waals surface area contributed by atoms with Crippen molar-refractivity contribution >= 4 is 34.1 Å². The van der Waals surface area contributed by atoms with Crippen LogP contribution in [0.4, 0.5) is 13.2 Å². The van der Waals surface area contributed by atoms with E-state index in [2.05, 4.69) is 20.4 Å².